The third-order valence-corrected chi connectivity index (χ3v) is 2.19. The molecule has 0 aliphatic carbocycles. The Morgan fingerprint density at radius 2 is 1.89 bits per heavy atom. The normalized spacial score (nSPS) is 10.7. The van der Waals surface area contributed by atoms with Crippen molar-refractivity contribution in [1.29, 1.82) is 0 Å². The predicted molar refractivity (Wildman–Crippen MR) is 69.6 cm³/mol. The Morgan fingerprint density at radius 1 is 1.22 bits per heavy atom. The van der Waals surface area contributed by atoms with Crippen LogP contribution in [0.2, 0.25) is 0 Å². The Kier molecular flexibility index (Phi) is 4.31. The summed E-state index contributed by atoms with van der Waals surface area (Å²) in [7, 11) is 1.48. The molecule has 0 saturated carbocycles. The summed E-state index contributed by atoms with van der Waals surface area (Å²) in [5, 5.41) is 5.11. The van der Waals surface area contributed by atoms with Crippen LogP contribution in [0.3, 0.4) is 0 Å². The molecule has 5 heteroatoms. The molecule has 0 heterocycles. The number of ether oxygens (including phenoxy) is 1. The van der Waals surface area contributed by atoms with Gasteiger partial charge in [0.05, 0.1) is 0 Å². The Bertz CT molecular complexity index is 450. The second kappa shape index (κ2) is 5.53. The summed E-state index contributed by atoms with van der Waals surface area (Å²) in [6.07, 6.45) is -0.547. The van der Waals surface area contributed by atoms with Crippen molar-refractivity contribution in [1.82, 2.24) is 5.32 Å². The predicted octanol–water partition coefficient (Wildman–Crippen LogP) is 2.39. The van der Waals surface area contributed by atoms with Crippen LogP contribution in [-0.2, 0) is 4.79 Å². The molecule has 0 spiro atoms. The van der Waals surface area contributed by atoms with Gasteiger partial charge >= 0.3 is 6.09 Å². The molecule has 18 heavy (non-hydrogen) atoms. The van der Waals surface area contributed by atoms with Gasteiger partial charge in [0.1, 0.15) is 5.75 Å². The van der Waals surface area contributed by atoms with Crippen LogP contribution < -0.4 is 15.4 Å². The number of carbonyl (C=O) groups is 2. The van der Waals surface area contributed by atoms with Crippen LogP contribution >= 0.6 is 0 Å². The molecule has 1 aromatic carbocycles. The van der Waals surface area contributed by atoms with Gasteiger partial charge in [-0.1, -0.05) is 26.8 Å². The van der Waals surface area contributed by atoms with E-state index in [2.05, 4.69) is 10.6 Å². The van der Waals surface area contributed by atoms with Gasteiger partial charge in [-0.2, -0.15) is 0 Å². The molecule has 1 rings (SSSR count). The largest absolute Gasteiger partial charge is 0.412 e. The van der Waals surface area contributed by atoms with Gasteiger partial charge < -0.3 is 15.4 Å². The summed E-state index contributed by atoms with van der Waals surface area (Å²) in [6, 6.07) is 6.68. The fourth-order valence-electron chi connectivity index (χ4n) is 1.11. The standard InChI is InChI=1S/C13H18N2O3/c1-13(2,3)11(16)15-9-6-5-7-10(8-9)18-12(17)14-4/h5-8H,1-4H3,(H,14,17)(H,15,16). The Hall–Kier alpha value is -2.04. The van der Waals surface area contributed by atoms with Crippen LogP contribution in [0.5, 0.6) is 5.75 Å². The smallest absolute Gasteiger partial charge is 0.410 e. The Morgan fingerprint density at radius 3 is 2.44 bits per heavy atom. The van der Waals surface area contributed by atoms with Gasteiger partial charge in [0.15, 0.2) is 0 Å². The molecule has 0 bridgehead atoms. The minimum absolute atomic E-state index is 0.0976. The van der Waals surface area contributed by atoms with E-state index in [1.54, 1.807) is 24.3 Å². The van der Waals surface area contributed by atoms with E-state index < -0.39 is 11.5 Å². The molecule has 0 aromatic heterocycles. The molecular formula is C13H18N2O3. The number of rotatable bonds is 2. The van der Waals surface area contributed by atoms with Crippen molar-refractivity contribution in [2.75, 3.05) is 12.4 Å². The van der Waals surface area contributed by atoms with E-state index in [0.29, 0.717) is 11.4 Å². The first-order chi connectivity index (χ1) is 8.32. The monoisotopic (exact) mass is 250 g/mol. The highest BCUT2D eigenvalue weighted by molar-refractivity contribution is 5.94. The maximum absolute atomic E-state index is 11.8. The van der Waals surface area contributed by atoms with E-state index in [1.807, 2.05) is 20.8 Å². The number of carbonyl (C=O) groups excluding carboxylic acids is 2. The average molecular weight is 250 g/mol. The van der Waals surface area contributed by atoms with Gasteiger partial charge in [-0.3, -0.25) is 4.79 Å². The molecular weight excluding hydrogens is 232 g/mol. The number of hydrogen-bond donors (Lipinski definition) is 2. The van der Waals surface area contributed by atoms with Gasteiger partial charge in [-0.25, -0.2) is 4.79 Å². The second-order valence-electron chi connectivity index (χ2n) is 4.87. The van der Waals surface area contributed by atoms with E-state index in [9.17, 15) is 9.59 Å². The van der Waals surface area contributed by atoms with Crippen molar-refractivity contribution >= 4 is 17.7 Å². The minimum Gasteiger partial charge on any atom is -0.410 e. The number of amides is 2. The van der Waals surface area contributed by atoms with Crippen LogP contribution in [-0.4, -0.2) is 19.0 Å². The molecule has 1 aromatic rings. The highest BCUT2D eigenvalue weighted by Gasteiger charge is 2.21. The lowest BCUT2D eigenvalue weighted by atomic mass is 9.95. The van der Waals surface area contributed by atoms with E-state index >= 15 is 0 Å². The van der Waals surface area contributed by atoms with Crippen molar-refractivity contribution in [3.05, 3.63) is 24.3 Å². The zero-order chi connectivity index (χ0) is 13.8. The van der Waals surface area contributed by atoms with E-state index in [4.69, 9.17) is 4.74 Å². The fourth-order valence-corrected chi connectivity index (χ4v) is 1.11. The Balaban J connectivity index is 2.77. The second-order valence-corrected chi connectivity index (χ2v) is 4.87. The van der Waals surface area contributed by atoms with E-state index in [-0.39, 0.29) is 5.91 Å². The first kappa shape index (κ1) is 14.0. The summed E-state index contributed by atoms with van der Waals surface area (Å²) in [5.41, 5.74) is 0.119. The summed E-state index contributed by atoms with van der Waals surface area (Å²) < 4.78 is 4.97. The zero-order valence-electron chi connectivity index (χ0n) is 11.0. The Labute approximate surface area is 107 Å². The number of anilines is 1. The highest BCUT2D eigenvalue weighted by atomic mass is 16.5. The van der Waals surface area contributed by atoms with Crippen LogP contribution in [0.4, 0.5) is 10.5 Å². The molecule has 0 fully saturated rings. The molecule has 0 atom stereocenters. The topological polar surface area (TPSA) is 67.4 Å². The molecule has 0 aliphatic rings. The van der Waals surface area contributed by atoms with Gasteiger partial charge in [-0.05, 0) is 12.1 Å². The van der Waals surface area contributed by atoms with E-state index in [0.717, 1.165) is 0 Å². The molecule has 2 N–H and O–H groups in total. The summed E-state index contributed by atoms with van der Waals surface area (Å²) >= 11 is 0. The van der Waals surface area contributed by atoms with Gasteiger partial charge in [-0.15, -0.1) is 0 Å². The molecule has 0 aliphatic heterocycles. The third kappa shape index (κ3) is 4.08. The maximum Gasteiger partial charge on any atom is 0.412 e. The van der Waals surface area contributed by atoms with Crippen molar-refractivity contribution in [3.63, 3.8) is 0 Å². The van der Waals surface area contributed by atoms with Crippen LogP contribution in [0.15, 0.2) is 24.3 Å². The molecule has 0 saturated heterocycles. The molecule has 0 unspecified atom stereocenters. The van der Waals surface area contributed by atoms with Gasteiger partial charge in [0.2, 0.25) is 5.91 Å². The lowest BCUT2D eigenvalue weighted by Crippen LogP contribution is -2.27. The van der Waals surface area contributed by atoms with E-state index in [1.165, 1.54) is 7.05 Å². The first-order valence-corrected chi connectivity index (χ1v) is 5.64. The quantitative estimate of drug-likeness (QED) is 0.846. The lowest BCUT2D eigenvalue weighted by molar-refractivity contribution is -0.123. The van der Waals surface area contributed by atoms with Crippen molar-refractivity contribution in [3.8, 4) is 5.75 Å². The molecule has 0 radical (unpaired) electrons. The van der Waals surface area contributed by atoms with Gasteiger partial charge in [0.25, 0.3) is 0 Å². The summed E-state index contributed by atoms with van der Waals surface area (Å²) in [5.74, 6) is 0.278. The van der Waals surface area contributed by atoms with Gasteiger partial charge in [0, 0.05) is 24.2 Å². The first-order valence-electron chi connectivity index (χ1n) is 5.64. The maximum atomic E-state index is 11.8. The average Bonchev–Trinajstić information content (AvgIpc) is 2.28. The summed E-state index contributed by atoms with van der Waals surface area (Å²) in [4.78, 5) is 22.8. The number of hydrogen-bond acceptors (Lipinski definition) is 3. The van der Waals surface area contributed by atoms with Crippen molar-refractivity contribution in [2.45, 2.75) is 20.8 Å². The van der Waals surface area contributed by atoms with Crippen LogP contribution in [0.25, 0.3) is 0 Å². The highest BCUT2D eigenvalue weighted by Crippen LogP contribution is 2.21. The lowest BCUT2D eigenvalue weighted by Gasteiger charge is -2.17. The number of benzene rings is 1. The minimum atomic E-state index is -0.547. The fraction of sp³-hybridized carbons (Fsp3) is 0.385. The number of nitrogens with one attached hydrogen (secondary N) is 2. The molecule has 98 valence electrons. The third-order valence-electron chi connectivity index (χ3n) is 2.19. The summed E-state index contributed by atoms with van der Waals surface area (Å²) in [6.45, 7) is 5.48. The van der Waals surface area contributed by atoms with Crippen molar-refractivity contribution in [2.24, 2.45) is 5.41 Å². The van der Waals surface area contributed by atoms with Crippen LogP contribution in [0.1, 0.15) is 20.8 Å². The van der Waals surface area contributed by atoms with Crippen LogP contribution in [0, 0.1) is 5.41 Å². The van der Waals surface area contributed by atoms with Crippen molar-refractivity contribution < 1.29 is 14.3 Å². The SMILES string of the molecule is CNC(=O)Oc1cccc(NC(=O)C(C)(C)C)c1. The molecule has 5 nitrogen and oxygen atoms in total. The zero-order valence-corrected chi connectivity index (χ0v) is 11.0. The molecule has 2 amide bonds.